The lowest BCUT2D eigenvalue weighted by Crippen LogP contribution is -2.58. The predicted octanol–water partition coefficient (Wildman–Crippen LogP) is 7.17. The average molecular weight is 505 g/mol. The third kappa shape index (κ3) is 6.22. The lowest BCUT2D eigenvalue weighted by Gasteiger charge is -2.43. The van der Waals surface area contributed by atoms with Crippen molar-refractivity contribution in [2.75, 3.05) is 13.1 Å². The van der Waals surface area contributed by atoms with Crippen molar-refractivity contribution in [3.8, 4) is 11.3 Å². The van der Waals surface area contributed by atoms with Crippen LogP contribution >= 0.6 is 23.2 Å². The van der Waals surface area contributed by atoms with E-state index in [4.69, 9.17) is 27.9 Å². The first-order valence-electron chi connectivity index (χ1n) is 11.6. The molecule has 0 radical (unpaired) electrons. The predicted molar refractivity (Wildman–Crippen MR) is 141 cm³/mol. The molecule has 184 valence electrons. The summed E-state index contributed by atoms with van der Waals surface area (Å²) in [4.78, 5) is 25.6. The molecule has 1 aromatic heterocycles. The third-order valence-electron chi connectivity index (χ3n) is 5.76. The van der Waals surface area contributed by atoms with E-state index in [-0.39, 0.29) is 18.2 Å². The van der Waals surface area contributed by atoms with Crippen molar-refractivity contribution in [1.82, 2.24) is 14.8 Å². The number of piperazine rings is 1. The molecular formula is C26H34Cl2N4O2. The van der Waals surface area contributed by atoms with Crippen LogP contribution in [0.5, 0.6) is 0 Å². The van der Waals surface area contributed by atoms with E-state index < -0.39 is 5.60 Å². The van der Waals surface area contributed by atoms with Gasteiger partial charge in [0, 0.05) is 30.7 Å². The van der Waals surface area contributed by atoms with Crippen LogP contribution in [0.25, 0.3) is 11.3 Å². The van der Waals surface area contributed by atoms with E-state index in [1.165, 1.54) is 0 Å². The highest BCUT2D eigenvalue weighted by Gasteiger charge is 2.33. The first-order valence-corrected chi connectivity index (χ1v) is 12.4. The van der Waals surface area contributed by atoms with Crippen molar-refractivity contribution in [2.45, 2.75) is 72.1 Å². The SMILES string of the molecule is CC(C)c1ccccc1-c1nc(Cl)c(N=CN2CC(C)N(C(=O)OC(C)(C)C)CC2C)cc1Cl. The number of aromatic nitrogens is 1. The van der Waals surface area contributed by atoms with E-state index in [0.717, 1.165) is 11.1 Å². The first kappa shape index (κ1) is 26.3. The summed E-state index contributed by atoms with van der Waals surface area (Å²) < 4.78 is 5.55. The number of ether oxygens (including phenoxy) is 1. The summed E-state index contributed by atoms with van der Waals surface area (Å²) in [5.74, 6) is 0.327. The molecule has 2 unspecified atom stereocenters. The lowest BCUT2D eigenvalue weighted by molar-refractivity contribution is 0.00103. The molecule has 0 N–H and O–H groups in total. The highest BCUT2D eigenvalue weighted by molar-refractivity contribution is 6.35. The highest BCUT2D eigenvalue weighted by Crippen LogP contribution is 2.37. The molecule has 8 heteroatoms. The number of halogens is 2. The second-order valence-electron chi connectivity index (χ2n) is 10.1. The van der Waals surface area contributed by atoms with E-state index >= 15 is 0 Å². The number of carbonyl (C=O) groups excluding carboxylic acids is 1. The smallest absolute Gasteiger partial charge is 0.410 e. The summed E-state index contributed by atoms with van der Waals surface area (Å²) in [6, 6.07) is 9.87. The fourth-order valence-electron chi connectivity index (χ4n) is 3.98. The molecule has 1 saturated heterocycles. The maximum absolute atomic E-state index is 12.6. The summed E-state index contributed by atoms with van der Waals surface area (Å²) in [6.45, 7) is 15.1. The monoisotopic (exact) mass is 504 g/mol. The Morgan fingerprint density at radius 2 is 1.85 bits per heavy atom. The largest absolute Gasteiger partial charge is 0.444 e. The van der Waals surface area contributed by atoms with E-state index in [1.807, 2.05) is 52.8 Å². The van der Waals surface area contributed by atoms with E-state index in [9.17, 15) is 4.79 Å². The zero-order valence-corrected chi connectivity index (χ0v) is 22.5. The zero-order valence-electron chi connectivity index (χ0n) is 21.0. The number of nitrogens with zero attached hydrogens (tertiary/aromatic N) is 4. The Bertz CT molecular complexity index is 1070. The topological polar surface area (TPSA) is 58.0 Å². The quantitative estimate of drug-likeness (QED) is 0.251. The fourth-order valence-corrected chi connectivity index (χ4v) is 4.41. The van der Waals surface area contributed by atoms with Gasteiger partial charge in [0.2, 0.25) is 0 Å². The molecule has 1 aromatic carbocycles. The van der Waals surface area contributed by atoms with Crippen molar-refractivity contribution < 1.29 is 9.53 Å². The molecule has 6 nitrogen and oxygen atoms in total. The van der Waals surface area contributed by atoms with Gasteiger partial charge < -0.3 is 14.5 Å². The van der Waals surface area contributed by atoms with Gasteiger partial charge in [-0.2, -0.15) is 0 Å². The van der Waals surface area contributed by atoms with Gasteiger partial charge in [-0.3, -0.25) is 0 Å². The highest BCUT2D eigenvalue weighted by atomic mass is 35.5. The van der Waals surface area contributed by atoms with Gasteiger partial charge in [0.15, 0.2) is 5.15 Å². The Hall–Kier alpha value is -2.31. The molecule has 1 fully saturated rings. The summed E-state index contributed by atoms with van der Waals surface area (Å²) in [7, 11) is 0. The Kier molecular flexibility index (Phi) is 8.14. The van der Waals surface area contributed by atoms with Gasteiger partial charge in [-0.1, -0.05) is 61.3 Å². The summed E-state index contributed by atoms with van der Waals surface area (Å²) >= 11 is 13.1. The number of hydrogen-bond acceptors (Lipinski definition) is 4. The summed E-state index contributed by atoms with van der Waals surface area (Å²) in [5, 5.41) is 0.795. The number of rotatable bonds is 4. The van der Waals surface area contributed by atoms with Crippen molar-refractivity contribution in [1.29, 1.82) is 0 Å². The molecule has 1 aliphatic heterocycles. The van der Waals surface area contributed by atoms with Gasteiger partial charge in [0.25, 0.3) is 0 Å². The number of benzene rings is 1. The maximum atomic E-state index is 12.6. The minimum Gasteiger partial charge on any atom is -0.444 e. The minimum atomic E-state index is -0.524. The standard InChI is InChI=1S/C26H34Cl2N4O2/c1-16(2)19-10-8-9-11-20(19)23-21(27)12-22(24(28)30-23)29-15-31-13-18(4)32(14-17(31)3)25(33)34-26(5,6)7/h8-12,15-18H,13-14H2,1-7H3. The molecule has 2 aromatic rings. The Morgan fingerprint density at radius 1 is 1.18 bits per heavy atom. The molecule has 0 bridgehead atoms. The number of amides is 1. The number of hydrogen-bond donors (Lipinski definition) is 0. The van der Waals surface area contributed by atoms with Crippen LogP contribution < -0.4 is 0 Å². The van der Waals surface area contributed by atoms with Crippen LogP contribution in [-0.2, 0) is 4.74 Å². The molecular weight excluding hydrogens is 471 g/mol. The van der Waals surface area contributed by atoms with Gasteiger partial charge in [-0.15, -0.1) is 0 Å². The molecule has 3 rings (SSSR count). The van der Waals surface area contributed by atoms with Crippen LogP contribution in [0.2, 0.25) is 10.2 Å². The molecule has 2 atom stereocenters. The summed E-state index contributed by atoms with van der Waals surface area (Å²) in [5.41, 5.74) is 2.77. The Morgan fingerprint density at radius 3 is 2.50 bits per heavy atom. The van der Waals surface area contributed by atoms with Crippen LogP contribution in [0.15, 0.2) is 35.3 Å². The van der Waals surface area contributed by atoms with Gasteiger partial charge >= 0.3 is 6.09 Å². The second kappa shape index (κ2) is 10.5. The lowest BCUT2D eigenvalue weighted by atomic mass is 9.95. The first-order chi connectivity index (χ1) is 15.9. The van der Waals surface area contributed by atoms with E-state index in [0.29, 0.717) is 40.6 Å². The van der Waals surface area contributed by atoms with E-state index in [2.05, 4.69) is 34.8 Å². The number of aliphatic imine (C=N–C) groups is 1. The molecule has 0 spiro atoms. The molecule has 0 aliphatic carbocycles. The van der Waals surface area contributed by atoms with Crippen molar-refractivity contribution in [3.63, 3.8) is 0 Å². The van der Waals surface area contributed by atoms with Crippen LogP contribution in [0.3, 0.4) is 0 Å². The maximum Gasteiger partial charge on any atom is 0.410 e. The van der Waals surface area contributed by atoms with Gasteiger partial charge in [-0.25, -0.2) is 14.8 Å². The summed E-state index contributed by atoms with van der Waals surface area (Å²) in [6.07, 6.45) is 1.47. The van der Waals surface area contributed by atoms with Crippen LogP contribution in [-0.4, -0.2) is 58.0 Å². The number of carbonyl (C=O) groups is 1. The Labute approximate surface area is 212 Å². The Balaban J connectivity index is 1.78. The third-order valence-corrected chi connectivity index (χ3v) is 6.32. The van der Waals surface area contributed by atoms with E-state index in [1.54, 1.807) is 17.3 Å². The van der Waals surface area contributed by atoms with Crippen LogP contribution in [0.4, 0.5) is 10.5 Å². The second-order valence-corrected chi connectivity index (χ2v) is 10.9. The molecule has 1 amide bonds. The fraction of sp³-hybridized carbons (Fsp3) is 0.500. The van der Waals surface area contributed by atoms with Crippen molar-refractivity contribution in [3.05, 3.63) is 46.1 Å². The average Bonchev–Trinajstić information content (AvgIpc) is 2.74. The molecule has 34 heavy (non-hydrogen) atoms. The van der Waals surface area contributed by atoms with Gasteiger partial charge in [-0.05, 0) is 52.2 Å². The molecule has 2 heterocycles. The van der Waals surface area contributed by atoms with Crippen LogP contribution in [0, 0.1) is 0 Å². The van der Waals surface area contributed by atoms with Gasteiger partial charge in [0.05, 0.1) is 17.1 Å². The van der Waals surface area contributed by atoms with Crippen molar-refractivity contribution in [2.24, 2.45) is 4.99 Å². The van der Waals surface area contributed by atoms with Crippen molar-refractivity contribution >= 4 is 41.3 Å². The molecule has 1 aliphatic rings. The van der Waals surface area contributed by atoms with Crippen LogP contribution in [0.1, 0.15) is 59.9 Å². The normalized spacial score (nSPS) is 19.2. The van der Waals surface area contributed by atoms with Gasteiger partial charge in [0.1, 0.15) is 11.3 Å². The molecule has 0 saturated carbocycles. The minimum absolute atomic E-state index is 0.0235. The zero-order chi connectivity index (χ0) is 25.2. The number of pyridine rings is 1.